The highest BCUT2D eigenvalue weighted by Gasteiger charge is 2.29. The molecule has 1 rings (SSSR count). The van der Waals surface area contributed by atoms with Crippen molar-refractivity contribution in [3.63, 3.8) is 0 Å². The average molecular weight is 170 g/mol. The van der Waals surface area contributed by atoms with Crippen molar-refractivity contribution in [3.05, 3.63) is 0 Å². The van der Waals surface area contributed by atoms with Crippen LogP contribution in [0.2, 0.25) is 0 Å². The van der Waals surface area contributed by atoms with E-state index in [0.717, 1.165) is 11.8 Å². The van der Waals surface area contributed by atoms with E-state index in [2.05, 4.69) is 24.2 Å². The Morgan fingerprint density at radius 3 is 2.58 bits per heavy atom. The van der Waals surface area contributed by atoms with Gasteiger partial charge >= 0.3 is 0 Å². The van der Waals surface area contributed by atoms with Gasteiger partial charge in [0, 0.05) is 13.1 Å². The van der Waals surface area contributed by atoms with E-state index in [0.29, 0.717) is 0 Å². The fourth-order valence-electron chi connectivity index (χ4n) is 2.15. The zero-order valence-corrected chi connectivity index (χ0v) is 8.64. The van der Waals surface area contributed by atoms with Crippen molar-refractivity contribution < 1.29 is 0 Å². The van der Waals surface area contributed by atoms with E-state index in [1.165, 1.54) is 32.5 Å². The summed E-state index contributed by atoms with van der Waals surface area (Å²) < 4.78 is 0. The second kappa shape index (κ2) is 4.83. The molecule has 1 aliphatic heterocycles. The summed E-state index contributed by atoms with van der Waals surface area (Å²) in [6.07, 6.45) is 2.70. The van der Waals surface area contributed by atoms with Crippen molar-refractivity contribution in [1.82, 2.24) is 10.2 Å². The SMILES string of the molecule is CCC(CCNC)C1CN(C)C1. The third-order valence-electron chi connectivity index (χ3n) is 3.05. The summed E-state index contributed by atoms with van der Waals surface area (Å²) in [5, 5.41) is 3.23. The van der Waals surface area contributed by atoms with Crippen molar-refractivity contribution in [2.45, 2.75) is 19.8 Å². The normalized spacial score (nSPS) is 22.2. The average Bonchev–Trinajstić information content (AvgIpc) is 2.02. The van der Waals surface area contributed by atoms with Crippen LogP contribution in [0.15, 0.2) is 0 Å². The maximum atomic E-state index is 3.23. The van der Waals surface area contributed by atoms with Crippen molar-refractivity contribution in [1.29, 1.82) is 0 Å². The lowest BCUT2D eigenvalue weighted by atomic mass is 9.82. The van der Waals surface area contributed by atoms with Gasteiger partial charge in [-0.15, -0.1) is 0 Å². The molecule has 0 aromatic rings. The Kier molecular flexibility index (Phi) is 4.02. The summed E-state index contributed by atoms with van der Waals surface area (Å²) in [4.78, 5) is 2.41. The van der Waals surface area contributed by atoms with Crippen LogP contribution in [0.3, 0.4) is 0 Å². The Labute approximate surface area is 76.3 Å². The molecule has 1 N–H and O–H groups in total. The number of nitrogens with one attached hydrogen (secondary N) is 1. The van der Waals surface area contributed by atoms with Crippen LogP contribution in [-0.2, 0) is 0 Å². The molecule has 0 aromatic heterocycles. The van der Waals surface area contributed by atoms with Crippen molar-refractivity contribution in [3.8, 4) is 0 Å². The summed E-state index contributed by atoms with van der Waals surface area (Å²) in [5.41, 5.74) is 0. The van der Waals surface area contributed by atoms with Crippen molar-refractivity contribution in [2.24, 2.45) is 11.8 Å². The molecule has 72 valence electrons. The van der Waals surface area contributed by atoms with E-state index < -0.39 is 0 Å². The second-order valence-corrected chi connectivity index (χ2v) is 4.04. The monoisotopic (exact) mass is 170 g/mol. The molecule has 2 nitrogen and oxygen atoms in total. The molecular weight excluding hydrogens is 148 g/mol. The Bertz CT molecular complexity index is 119. The zero-order chi connectivity index (χ0) is 8.97. The molecule has 1 fully saturated rings. The molecule has 1 saturated heterocycles. The first-order valence-electron chi connectivity index (χ1n) is 5.11. The predicted octanol–water partition coefficient (Wildman–Crippen LogP) is 1.18. The smallest absolute Gasteiger partial charge is 0.00216 e. The highest BCUT2D eigenvalue weighted by Crippen LogP contribution is 2.27. The number of likely N-dealkylation sites (tertiary alicyclic amines) is 1. The third-order valence-corrected chi connectivity index (χ3v) is 3.05. The van der Waals surface area contributed by atoms with E-state index in [-0.39, 0.29) is 0 Å². The van der Waals surface area contributed by atoms with E-state index in [9.17, 15) is 0 Å². The molecule has 0 spiro atoms. The van der Waals surface area contributed by atoms with Crippen LogP contribution < -0.4 is 5.32 Å². The summed E-state index contributed by atoms with van der Waals surface area (Å²) in [6, 6.07) is 0. The lowest BCUT2D eigenvalue weighted by Crippen LogP contribution is -2.47. The van der Waals surface area contributed by atoms with Gasteiger partial charge in [0.25, 0.3) is 0 Å². The van der Waals surface area contributed by atoms with E-state index in [4.69, 9.17) is 0 Å². The van der Waals surface area contributed by atoms with Crippen LogP contribution in [-0.4, -0.2) is 38.6 Å². The first-order valence-corrected chi connectivity index (χ1v) is 5.11. The standard InChI is InChI=1S/C10H22N2/c1-4-9(5-6-11-2)10-7-12(3)8-10/h9-11H,4-8H2,1-3H3. The summed E-state index contributed by atoms with van der Waals surface area (Å²) >= 11 is 0. The lowest BCUT2D eigenvalue weighted by Gasteiger charge is -2.41. The maximum absolute atomic E-state index is 3.23. The number of hydrogen-bond donors (Lipinski definition) is 1. The van der Waals surface area contributed by atoms with Crippen LogP contribution in [0.5, 0.6) is 0 Å². The molecule has 0 aromatic carbocycles. The molecule has 1 aliphatic rings. The topological polar surface area (TPSA) is 15.3 Å². The minimum absolute atomic E-state index is 0.952. The van der Waals surface area contributed by atoms with Gasteiger partial charge in [-0.25, -0.2) is 0 Å². The predicted molar refractivity (Wildman–Crippen MR) is 53.3 cm³/mol. The van der Waals surface area contributed by atoms with Crippen molar-refractivity contribution >= 4 is 0 Å². The van der Waals surface area contributed by atoms with Crippen LogP contribution in [0.4, 0.5) is 0 Å². The highest BCUT2D eigenvalue weighted by atomic mass is 15.2. The van der Waals surface area contributed by atoms with Crippen LogP contribution in [0, 0.1) is 11.8 Å². The van der Waals surface area contributed by atoms with Crippen LogP contribution >= 0.6 is 0 Å². The zero-order valence-electron chi connectivity index (χ0n) is 8.64. The molecular formula is C10H22N2. The first-order chi connectivity index (χ1) is 5.77. The van der Waals surface area contributed by atoms with Gasteiger partial charge in [-0.2, -0.15) is 0 Å². The fraction of sp³-hybridized carbons (Fsp3) is 1.00. The number of hydrogen-bond acceptors (Lipinski definition) is 2. The first kappa shape index (κ1) is 10.0. The largest absolute Gasteiger partial charge is 0.320 e. The number of nitrogens with zero attached hydrogens (tertiary/aromatic N) is 1. The van der Waals surface area contributed by atoms with E-state index >= 15 is 0 Å². The van der Waals surface area contributed by atoms with Gasteiger partial charge in [-0.3, -0.25) is 0 Å². The van der Waals surface area contributed by atoms with Crippen LogP contribution in [0.25, 0.3) is 0 Å². The molecule has 0 radical (unpaired) electrons. The third kappa shape index (κ3) is 2.46. The van der Waals surface area contributed by atoms with Gasteiger partial charge in [0.2, 0.25) is 0 Å². The summed E-state index contributed by atoms with van der Waals surface area (Å²) in [6.45, 7) is 6.14. The van der Waals surface area contributed by atoms with Gasteiger partial charge in [0.05, 0.1) is 0 Å². The minimum Gasteiger partial charge on any atom is -0.320 e. The molecule has 12 heavy (non-hydrogen) atoms. The molecule has 0 bridgehead atoms. The van der Waals surface area contributed by atoms with Gasteiger partial charge in [-0.05, 0) is 38.9 Å². The fourth-order valence-corrected chi connectivity index (χ4v) is 2.15. The number of rotatable bonds is 5. The van der Waals surface area contributed by atoms with Gasteiger partial charge < -0.3 is 10.2 Å². The van der Waals surface area contributed by atoms with Crippen LogP contribution in [0.1, 0.15) is 19.8 Å². The summed E-state index contributed by atoms with van der Waals surface area (Å²) in [7, 11) is 4.25. The maximum Gasteiger partial charge on any atom is 0.00216 e. The summed E-state index contributed by atoms with van der Waals surface area (Å²) in [5.74, 6) is 1.93. The van der Waals surface area contributed by atoms with Gasteiger partial charge in [0.15, 0.2) is 0 Å². The van der Waals surface area contributed by atoms with E-state index in [1.807, 2.05) is 7.05 Å². The Morgan fingerprint density at radius 2 is 2.17 bits per heavy atom. The van der Waals surface area contributed by atoms with Gasteiger partial charge in [0.1, 0.15) is 0 Å². The highest BCUT2D eigenvalue weighted by molar-refractivity contribution is 4.82. The molecule has 0 aliphatic carbocycles. The molecule has 0 amide bonds. The lowest BCUT2D eigenvalue weighted by molar-refractivity contribution is 0.0771. The molecule has 1 unspecified atom stereocenters. The second-order valence-electron chi connectivity index (χ2n) is 4.04. The van der Waals surface area contributed by atoms with Gasteiger partial charge in [-0.1, -0.05) is 13.3 Å². The molecule has 1 heterocycles. The quantitative estimate of drug-likeness (QED) is 0.666. The van der Waals surface area contributed by atoms with Crippen molar-refractivity contribution in [2.75, 3.05) is 33.7 Å². The minimum atomic E-state index is 0.952. The Hall–Kier alpha value is -0.0800. The Balaban J connectivity index is 2.16. The molecule has 2 heteroatoms. The molecule has 1 atom stereocenters. The Morgan fingerprint density at radius 1 is 1.50 bits per heavy atom. The van der Waals surface area contributed by atoms with E-state index in [1.54, 1.807) is 0 Å². The molecule has 0 saturated carbocycles.